The highest BCUT2D eigenvalue weighted by Gasteiger charge is 2.27. The summed E-state index contributed by atoms with van der Waals surface area (Å²) in [6.07, 6.45) is 2.68. The molecule has 3 N–H and O–H groups in total. The highest BCUT2D eigenvalue weighted by molar-refractivity contribution is 5.85. The molecule has 1 aromatic carbocycles. The Morgan fingerprint density at radius 3 is 2.38 bits per heavy atom. The van der Waals surface area contributed by atoms with E-state index < -0.39 is 0 Å². The molecule has 2 rings (SSSR count). The van der Waals surface area contributed by atoms with E-state index >= 15 is 0 Å². The maximum Gasteiger partial charge on any atom is 0.223 e. The summed E-state index contributed by atoms with van der Waals surface area (Å²) in [5.74, 6) is 1.09. The molecular formula is C19H33Cl2N3O2. The van der Waals surface area contributed by atoms with Crippen LogP contribution < -0.4 is 15.8 Å². The molecular weight excluding hydrogens is 373 g/mol. The van der Waals surface area contributed by atoms with Gasteiger partial charge in [-0.15, -0.1) is 24.8 Å². The van der Waals surface area contributed by atoms with Crippen molar-refractivity contribution in [2.75, 3.05) is 26.2 Å². The molecule has 0 spiro atoms. The van der Waals surface area contributed by atoms with Gasteiger partial charge in [-0.25, -0.2) is 0 Å². The van der Waals surface area contributed by atoms with Crippen LogP contribution in [0.2, 0.25) is 0 Å². The third-order valence-electron chi connectivity index (χ3n) is 4.80. The summed E-state index contributed by atoms with van der Waals surface area (Å²) >= 11 is 0. The minimum absolute atomic E-state index is 0. The molecule has 26 heavy (non-hydrogen) atoms. The minimum atomic E-state index is 0. The summed E-state index contributed by atoms with van der Waals surface area (Å²) in [5, 5.41) is 3.01. The number of hydrogen-bond donors (Lipinski definition) is 2. The number of ether oxygens (including phenoxy) is 1. The Balaban J connectivity index is 0.00000312. The topological polar surface area (TPSA) is 67.6 Å². The van der Waals surface area contributed by atoms with Crippen LogP contribution in [0.25, 0.3) is 0 Å². The number of nitrogens with one attached hydrogen (secondary N) is 1. The maximum absolute atomic E-state index is 12.1. The van der Waals surface area contributed by atoms with Crippen LogP contribution in [0, 0.1) is 5.92 Å². The molecule has 5 nitrogen and oxygen atoms in total. The van der Waals surface area contributed by atoms with Gasteiger partial charge in [0.2, 0.25) is 5.91 Å². The molecule has 0 saturated heterocycles. The van der Waals surface area contributed by atoms with Gasteiger partial charge in [-0.2, -0.15) is 0 Å². The SMILES string of the molecule is CCN(CC)CCOc1ccc(CNC(=O)C2CCC(N)C2)cc1.Cl.Cl. The first-order valence-corrected chi connectivity index (χ1v) is 9.09. The molecule has 0 radical (unpaired) electrons. The molecule has 0 aromatic heterocycles. The fourth-order valence-electron chi connectivity index (χ4n) is 3.12. The van der Waals surface area contributed by atoms with Crippen LogP contribution in [0.4, 0.5) is 0 Å². The molecule has 2 unspecified atom stereocenters. The first-order valence-electron chi connectivity index (χ1n) is 9.09. The largest absolute Gasteiger partial charge is 0.492 e. The smallest absolute Gasteiger partial charge is 0.223 e. The molecule has 1 aliphatic carbocycles. The van der Waals surface area contributed by atoms with Crippen LogP contribution in [0.3, 0.4) is 0 Å². The molecule has 7 heteroatoms. The molecule has 0 heterocycles. The van der Waals surface area contributed by atoms with Crippen LogP contribution in [0.15, 0.2) is 24.3 Å². The maximum atomic E-state index is 12.1. The summed E-state index contributed by atoms with van der Waals surface area (Å²) in [7, 11) is 0. The fourth-order valence-corrected chi connectivity index (χ4v) is 3.12. The van der Waals surface area contributed by atoms with Gasteiger partial charge in [0.15, 0.2) is 0 Å². The van der Waals surface area contributed by atoms with Gasteiger partial charge in [-0.05, 0) is 50.0 Å². The van der Waals surface area contributed by atoms with Crippen molar-refractivity contribution in [3.8, 4) is 5.75 Å². The lowest BCUT2D eigenvalue weighted by atomic mass is 10.1. The third kappa shape index (κ3) is 8.12. The van der Waals surface area contributed by atoms with Crippen LogP contribution in [-0.4, -0.2) is 43.1 Å². The predicted octanol–water partition coefficient (Wildman–Crippen LogP) is 2.99. The molecule has 0 aliphatic heterocycles. The number of carbonyl (C=O) groups is 1. The molecule has 1 fully saturated rings. The summed E-state index contributed by atoms with van der Waals surface area (Å²) in [4.78, 5) is 14.4. The van der Waals surface area contributed by atoms with Crippen molar-refractivity contribution in [3.05, 3.63) is 29.8 Å². The van der Waals surface area contributed by atoms with Gasteiger partial charge < -0.3 is 20.7 Å². The Labute approximate surface area is 169 Å². The zero-order chi connectivity index (χ0) is 17.4. The first-order chi connectivity index (χ1) is 11.6. The number of amides is 1. The van der Waals surface area contributed by atoms with E-state index in [9.17, 15) is 4.79 Å². The Hall–Kier alpha value is -1.01. The van der Waals surface area contributed by atoms with Crippen molar-refractivity contribution in [1.82, 2.24) is 10.2 Å². The van der Waals surface area contributed by atoms with E-state index in [-0.39, 0.29) is 42.7 Å². The number of nitrogens with two attached hydrogens (primary N) is 1. The molecule has 1 aliphatic rings. The summed E-state index contributed by atoms with van der Waals surface area (Å²) in [6.45, 7) is 8.60. The number of rotatable bonds is 9. The Morgan fingerprint density at radius 1 is 1.19 bits per heavy atom. The minimum Gasteiger partial charge on any atom is -0.492 e. The summed E-state index contributed by atoms with van der Waals surface area (Å²) in [5.41, 5.74) is 6.95. The lowest BCUT2D eigenvalue weighted by Gasteiger charge is -2.18. The van der Waals surface area contributed by atoms with E-state index in [4.69, 9.17) is 10.5 Å². The normalized spacial score (nSPS) is 18.8. The molecule has 2 atom stereocenters. The van der Waals surface area contributed by atoms with Gasteiger partial charge in [0.1, 0.15) is 12.4 Å². The quantitative estimate of drug-likeness (QED) is 0.662. The van der Waals surface area contributed by atoms with Crippen molar-refractivity contribution in [3.63, 3.8) is 0 Å². The van der Waals surface area contributed by atoms with Crippen LogP contribution in [0.5, 0.6) is 5.75 Å². The van der Waals surface area contributed by atoms with E-state index in [0.29, 0.717) is 13.2 Å². The molecule has 1 amide bonds. The number of nitrogens with zero attached hydrogens (tertiary/aromatic N) is 1. The van der Waals surface area contributed by atoms with Gasteiger partial charge >= 0.3 is 0 Å². The van der Waals surface area contributed by atoms with Crippen molar-refractivity contribution in [2.45, 2.75) is 45.7 Å². The van der Waals surface area contributed by atoms with E-state index in [1.165, 1.54) is 0 Å². The predicted molar refractivity (Wildman–Crippen MR) is 111 cm³/mol. The van der Waals surface area contributed by atoms with Crippen LogP contribution in [-0.2, 0) is 11.3 Å². The van der Waals surface area contributed by atoms with Crippen molar-refractivity contribution in [2.24, 2.45) is 11.7 Å². The van der Waals surface area contributed by atoms with E-state index in [2.05, 4.69) is 24.1 Å². The van der Waals surface area contributed by atoms with Gasteiger partial charge in [0.25, 0.3) is 0 Å². The van der Waals surface area contributed by atoms with E-state index in [0.717, 1.165) is 50.2 Å². The molecule has 0 bridgehead atoms. The van der Waals surface area contributed by atoms with Crippen LogP contribution in [0.1, 0.15) is 38.7 Å². The second kappa shape index (κ2) is 13.2. The standard InChI is InChI=1S/C19H31N3O2.2ClH/c1-3-22(4-2)11-12-24-18-9-5-15(6-10-18)14-21-19(23)16-7-8-17(20)13-16;;/h5-6,9-10,16-17H,3-4,7-8,11-14,20H2,1-2H3,(H,21,23);2*1H. The lowest BCUT2D eigenvalue weighted by Crippen LogP contribution is -2.30. The second-order valence-electron chi connectivity index (χ2n) is 6.51. The van der Waals surface area contributed by atoms with Gasteiger partial charge in [0.05, 0.1) is 0 Å². The third-order valence-corrected chi connectivity index (χ3v) is 4.80. The van der Waals surface area contributed by atoms with Gasteiger partial charge in [-0.3, -0.25) is 4.79 Å². The number of halogens is 2. The summed E-state index contributed by atoms with van der Waals surface area (Å²) < 4.78 is 5.77. The Bertz CT molecular complexity index is 510. The average molecular weight is 406 g/mol. The highest BCUT2D eigenvalue weighted by Crippen LogP contribution is 2.24. The van der Waals surface area contributed by atoms with E-state index in [1.807, 2.05) is 24.3 Å². The van der Waals surface area contributed by atoms with Gasteiger partial charge in [-0.1, -0.05) is 26.0 Å². The first kappa shape index (κ1) is 25.0. The van der Waals surface area contributed by atoms with E-state index in [1.54, 1.807) is 0 Å². The molecule has 1 aromatic rings. The van der Waals surface area contributed by atoms with Crippen molar-refractivity contribution < 1.29 is 9.53 Å². The zero-order valence-corrected chi connectivity index (χ0v) is 17.4. The summed E-state index contributed by atoms with van der Waals surface area (Å²) in [6, 6.07) is 8.14. The Morgan fingerprint density at radius 2 is 1.85 bits per heavy atom. The number of hydrogen-bond acceptors (Lipinski definition) is 4. The second-order valence-corrected chi connectivity index (χ2v) is 6.51. The fraction of sp³-hybridized carbons (Fsp3) is 0.632. The Kier molecular flexibility index (Phi) is 12.7. The van der Waals surface area contributed by atoms with Crippen molar-refractivity contribution in [1.29, 1.82) is 0 Å². The lowest BCUT2D eigenvalue weighted by molar-refractivity contribution is -0.125. The van der Waals surface area contributed by atoms with Gasteiger partial charge in [0, 0.05) is 25.0 Å². The van der Waals surface area contributed by atoms with Crippen LogP contribution >= 0.6 is 24.8 Å². The van der Waals surface area contributed by atoms with Crippen molar-refractivity contribution >= 4 is 30.7 Å². The number of likely N-dealkylation sites (N-methyl/N-ethyl adjacent to an activating group) is 1. The highest BCUT2D eigenvalue weighted by atomic mass is 35.5. The average Bonchev–Trinajstić information content (AvgIpc) is 3.04. The molecule has 150 valence electrons. The number of carbonyl (C=O) groups excluding carboxylic acids is 1. The molecule has 1 saturated carbocycles. The zero-order valence-electron chi connectivity index (χ0n) is 15.8. The number of benzene rings is 1. The monoisotopic (exact) mass is 405 g/mol.